The van der Waals surface area contributed by atoms with Crippen molar-refractivity contribution in [3.63, 3.8) is 0 Å². The van der Waals surface area contributed by atoms with Crippen molar-refractivity contribution in [1.82, 2.24) is 0 Å². The van der Waals surface area contributed by atoms with Gasteiger partial charge < -0.3 is 10.1 Å². The third kappa shape index (κ3) is 2.07. The summed E-state index contributed by atoms with van der Waals surface area (Å²) in [4.78, 5) is 9.91. The molecule has 1 aliphatic carbocycles. The molecule has 3 atom stereocenters. The number of hydrogen-bond donors (Lipinski definition) is 1. The first-order chi connectivity index (χ1) is 9.82. The Bertz CT molecular complexity index is 606. The average Bonchev–Trinajstić information content (AvgIpc) is 2.83. The van der Waals surface area contributed by atoms with E-state index in [2.05, 4.69) is 5.32 Å². The number of rotatable bonds is 3. The monoisotopic (exact) mass is 298 g/mol. The molecule has 3 rings (SSSR count). The fraction of sp³-hybridized carbons (Fsp3) is 0.571. The van der Waals surface area contributed by atoms with Gasteiger partial charge in [-0.05, 0) is 6.42 Å². The predicted octanol–water partition coefficient (Wildman–Crippen LogP) is 3.10. The van der Waals surface area contributed by atoms with Crippen LogP contribution in [0, 0.1) is 33.1 Å². The van der Waals surface area contributed by atoms with Gasteiger partial charge >= 0.3 is 5.69 Å². The van der Waals surface area contributed by atoms with E-state index in [0.29, 0.717) is 12.7 Å². The van der Waals surface area contributed by atoms with E-state index in [1.165, 1.54) is 0 Å². The van der Waals surface area contributed by atoms with Gasteiger partial charge in [0.1, 0.15) is 5.82 Å². The zero-order valence-electron chi connectivity index (χ0n) is 11.7. The topological polar surface area (TPSA) is 64.4 Å². The van der Waals surface area contributed by atoms with Crippen LogP contribution >= 0.6 is 0 Å². The van der Waals surface area contributed by atoms with Gasteiger partial charge in [-0.25, -0.2) is 4.39 Å². The molecule has 0 aromatic heterocycles. The second-order valence-electron chi connectivity index (χ2n) is 6.23. The Morgan fingerprint density at radius 1 is 1.38 bits per heavy atom. The minimum absolute atomic E-state index is 0.0356. The van der Waals surface area contributed by atoms with Crippen LogP contribution in [-0.2, 0) is 4.74 Å². The summed E-state index contributed by atoms with van der Waals surface area (Å²) < 4.78 is 32.9. The van der Waals surface area contributed by atoms with Gasteiger partial charge in [-0.15, -0.1) is 0 Å². The lowest BCUT2D eigenvalue weighted by Gasteiger charge is -2.55. The van der Waals surface area contributed by atoms with Crippen LogP contribution in [0.4, 0.5) is 20.2 Å². The van der Waals surface area contributed by atoms with Crippen molar-refractivity contribution in [2.45, 2.75) is 32.4 Å². The van der Waals surface area contributed by atoms with Crippen LogP contribution in [0.3, 0.4) is 0 Å². The maximum Gasteiger partial charge on any atom is 0.307 e. The Kier molecular flexibility index (Phi) is 3.12. The largest absolute Gasteiger partial charge is 0.379 e. The molecule has 3 unspecified atom stereocenters. The van der Waals surface area contributed by atoms with Gasteiger partial charge in [0.15, 0.2) is 0 Å². The molecule has 1 aromatic carbocycles. The SMILES string of the molecule is CC1(C)C(Nc2cc([N+](=O)[O-])c(F)cc2F)C2CCOC21. The molecule has 0 spiro atoms. The molecule has 0 amide bonds. The highest BCUT2D eigenvalue weighted by Gasteiger charge is 2.59. The summed E-state index contributed by atoms with van der Waals surface area (Å²) in [5, 5.41) is 13.8. The van der Waals surface area contributed by atoms with Crippen LogP contribution in [0.15, 0.2) is 12.1 Å². The molecule has 2 fully saturated rings. The second-order valence-corrected chi connectivity index (χ2v) is 6.23. The van der Waals surface area contributed by atoms with E-state index in [1.54, 1.807) is 0 Å². The number of ether oxygens (including phenoxy) is 1. The van der Waals surface area contributed by atoms with Crippen LogP contribution in [0.2, 0.25) is 0 Å². The van der Waals surface area contributed by atoms with E-state index >= 15 is 0 Å². The van der Waals surface area contributed by atoms with E-state index in [0.717, 1.165) is 12.5 Å². The maximum atomic E-state index is 13.9. The highest BCUT2D eigenvalue weighted by Crippen LogP contribution is 2.53. The molecule has 1 aromatic rings. The number of benzene rings is 1. The first kappa shape index (κ1) is 14.2. The van der Waals surface area contributed by atoms with Crippen molar-refractivity contribution in [1.29, 1.82) is 0 Å². The van der Waals surface area contributed by atoms with Gasteiger partial charge in [0.25, 0.3) is 0 Å². The highest BCUT2D eigenvalue weighted by atomic mass is 19.1. The van der Waals surface area contributed by atoms with Crippen LogP contribution in [-0.4, -0.2) is 23.7 Å². The molecule has 21 heavy (non-hydrogen) atoms. The third-order valence-electron chi connectivity index (χ3n) is 4.64. The van der Waals surface area contributed by atoms with Crippen molar-refractivity contribution in [3.05, 3.63) is 33.9 Å². The van der Waals surface area contributed by atoms with Gasteiger partial charge in [0.05, 0.1) is 16.7 Å². The van der Waals surface area contributed by atoms with Gasteiger partial charge in [-0.3, -0.25) is 10.1 Å². The highest BCUT2D eigenvalue weighted by molar-refractivity contribution is 5.54. The molecule has 1 heterocycles. The van der Waals surface area contributed by atoms with E-state index in [9.17, 15) is 18.9 Å². The van der Waals surface area contributed by atoms with Crippen molar-refractivity contribution in [2.24, 2.45) is 11.3 Å². The molecule has 2 aliphatic rings. The predicted molar refractivity (Wildman–Crippen MR) is 72.1 cm³/mol. The van der Waals surface area contributed by atoms with E-state index in [-0.39, 0.29) is 29.2 Å². The number of anilines is 1. The second kappa shape index (κ2) is 4.62. The molecule has 1 aliphatic heterocycles. The zero-order chi connectivity index (χ0) is 15.4. The van der Waals surface area contributed by atoms with E-state index in [1.807, 2.05) is 13.8 Å². The minimum atomic E-state index is -1.17. The Hall–Kier alpha value is -1.76. The summed E-state index contributed by atoms with van der Waals surface area (Å²) in [6, 6.07) is 1.42. The van der Waals surface area contributed by atoms with Crippen LogP contribution in [0.5, 0.6) is 0 Å². The fourth-order valence-electron chi connectivity index (χ4n) is 3.57. The summed E-state index contributed by atoms with van der Waals surface area (Å²) in [5.74, 6) is -1.74. The number of nitro groups is 1. The lowest BCUT2D eigenvalue weighted by atomic mass is 9.57. The Morgan fingerprint density at radius 2 is 2.10 bits per heavy atom. The Labute approximate surface area is 120 Å². The summed E-state index contributed by atoms with van der Waals surface area (Å²) >= 11 is 0. The molecule has 1 N–H and O–H groups in total. The normalized spacial score (nSPS) is 29.6. The molecule has 114 valence electrons. The summed E-state index contributed by atoms with van der Waals surface area (Å²) in [7, 11) is 0. The van der Waals surface area contributed by atoms with Crippen molar-refractivity contribution in [3.8, 4) is 0 Å². The number of hydrogen-bond acceptors (Lipinski definition) is 4. The van der Waals surface area contributed by atoms with E-state index in [4.69, 9.17) is 4.74 Å². The van der Waals surface area contributed by atoms with Gasteiger partial charge in [0.2, 0.25) is 5.82 Å². The number of nitro benzene ring substituents is 1. The molecule has 1 saturated heterocycles. The van der Waals surface area contributed by atoms with E-state index < -0.39 is 22.2 Å². The fourth-order valence-corrected chi connectivity index (χ4v) is 3.57. The molecule has 1 saturated carbocycles. The van der Waals surface area contributed by atoms with Crippen LogP contribution in [0.1, 0.15) is 20.3 Å². The molecular formula is C14H16F2N2O3. The van der Waals surface area contributed by atoms with Gasteiger partial charge in [-0.2, -0.15) is 4.39 Å². The first-order valence-electron chi connectivity index (χ1n) is 6.84. The molecule has 0 bridgehead atoms. The molecule has 5 nitrogen and oxygen atoms in total. The number of fused-ring (bicyclic) bond motifs is 1. The molecule has 7 heteroatoms. The quantitative estimate of drug-likeness (QED) is 0.688. The summed E-state index contributed by atoms with van der Waals surface area (Å²) in [6.45, 7) is 4.68. The Balaban J connectivity index is 1.88. The summed E-state index contributed by atoms with van der Waals surface area (Å²) in [5.41, 5.74) is -0.960. The molecule has 0 radical (unpaired) electrons. The van der Waals surface area contributed by atoms with Crippen LogP contribution < -0.4 is 5.32 Å². The van der Waals surface area contributed by atoms with Crippen molar-refractivity contribution < 1.29 is 18.4 Å². The number of nitrogens with zero attached hydrogens (tertiary/aromatic N) is 1. The number of nitrogens with one attached hydrogen (secondary N) is 1. The maximum absolute atomic E-state index is 13.9. The third-order valence-corrected chi connectivity index (χ3v) is 4.64. The zero-order valence-corrected chi connectivity index (χ0v) is 11.7. The Morgan fingerprint density at radius 3 is 2.76 bits per heavy atom. The van der Waals surface area contributed by atoms with Crippen molar-refractivity contribution >= 4 is 11.4 Å². The lowest BCUT2D eigenvalue weighted by molar-refractivity contribution is -0.387. The first-order valence-corrected chi connectivity index (χ1v) is 6.84. The smallest absolute Gasteiger partial charge is 0.307 e. The number of halogens is 2. The lowest BCUT2D eigenvalue weighted by Crippen LogP contribution is -2.63. The van der Waals surface area contributed by atoms with Crippen LogP contribution in [0.25, 0.3) is 0 Å². The van der Waals surface area contributed by atoms with Crippen molar-refractivity contribution in [2.75, 3.05) is 11.9 Å². The minimum Gasteiger partial charge on any atom is -0.379 e. The van der Waals surface area contributed by atoms with Gasteiger partial charge in [-0.1, -0.05) is 13.8 Å². The molecular weight excluding hydrogens is 282 g/mol. The average molecular weight is 298 g/mol. The standard InChI is InChI=1S/C14H16F2N2O3/c1-14(2)12(7-3-4-21-13(7)14)17-10-6-11(18(19)20)9(16)5-8(10)15/h5-7,12-13,17H,3-4H2,1-2H3. The summed E-state index contributed by atoms with van der Waals surface area (Å²) in [6.07, 6.45) is 0.991. The van der Waals surface area contributed by atoms with Gasteiger partial charge in [0, 0.05) is 36.1 Å².